The van der Waals surface area contributed by atoms with Gasteiger partial charge in [-0.25, -0.2) is 8.42 Å². The van der Waals surface area contributed by atoms with Gasteiger partial charge in [-0.1, -0.05) is 24.3 Å². The number of thioether (sulfide) groups is 1. The highest BCUT2D eigenvalue weighted by atomic mass is 32.2. The van der Waals surface area contributed by atoms with Crippen LogP contribution in [0, 0.1) is 0 Å². The van der Waals surface area contributed by atoms with E-state index >= 15 is 0 Å². The average molecular weight is 298 g/mol. The maximum Gasteiger partial charge on any atom is 0.215 e. The molecule has 1 aromatic carbocycles. The van der Waals surface area contributed by atoms with Crippen LogP contribution in [-0.4, -0.2) is 37.3 Å². The van der Waals surface area contributed by atoms with Gasteiger partial charge in [0.2, 0.25) is 10.0 Å². The predicted octanol–water partition coefficient (Wildman–Crippen LogP) is 1.95. The zero-order valence-electron chi connectivity index (χ0n) is 10.7. The highest BCUT2D eigenvalue weighted by Crippen LogP contribution is 2.24. The van der Waals surface area contributed by atoms with Gasteiger partial charge in [0, 0.05) is 29.4 Å². The van der Waals surface area contributed by atoms with E-state index in [-0.39, 0.29) is 5.75 Å². The highest BCUT2D eigenvalue weighted by molar-refractivity contribution is 8.00. The van der Waals surface area contributed by atoms with Crippen LogP contribution >= 0.6 is 11.8 Å². The Morgan fingerprint density at radius 3 is 2.74 bits per heavy atom. The summed E-state index contributed by atoms with van der Waals surface area (Å²) in [4.78, 5) is 0.941. The quantitative estimate of drug-likeness (QED) is 0.513. The number of benzene rings is 1. The largest absolute Gasteiger partial charge is 0.398 e. The van der Waals surface area contributed by atoms with Gasteiger partial charge < -0.3 is 5.73 Å². The van der Waals surface area contributed by atoms with Gasteiger partial charge in [0.1, 0.15) is 0 Å². The molecule has 6 heteroatoms. The van der Waals surface area contributed by atoms with Gasteiger partial charge >= 0.3 is 0 Å². The second kappa shape index (κ2) is 6.45. The minimum absolute atomic E-state index is 0.153. The fraction of sp³-hybridized carbons (Fsp3) is 0.385. The smallest absolute Gasteiger partial charge is 0.215 e. The molecule has 0 saturated carbocycles. The Morgan fingerprint density at radius 2 is 2.05 bits per heavy atom. The Labute approximate surface area is 118 Å². The van der Waals surface area contributed by atoms with Gasteiger partial charge in [-0.2, -0.15) is 4.31 Å². The topological polar surface area (TPSA) is 63.4 Å². The molecule has 0 atom stereocenters. The normalized spacial score (nSPS) is 16.6. The minimum atomic E-state index is -3.15. The van der Waals surface area contributed by atoms with Crippen LogP contribution in [-0.2, 0) is 10.0 Å². The van der Waals surface area contributed by atoms with E-state index in [9.17, 15) is 8.42 Å². The van der Waals surface area contributed by atoms with Gasteiger partial charge in [0.15, 0.2) is 0 Å². The van der Waals surface area contributed by atoms with E-state index in [0.29, 0.717) is 24.5 Å². The SMILES string of the molecule is Nc1ccccc1SCCS(=O)(=O)N1CC=CCC1. The van der Waals surface area contributed by atoms with E-state index in [1.165, 1.54) is 11.8 Å². The maximum atomic E-state index is 12.1. The molecular formula is C13H18N2O2S2. The molecule has 19 heavy (non-hydrogen) atoms. The maximum absolute atomic E-state index is 12.1. The first-order valence-corrected chi connectivity index (χ1v) is 8.79. The van der Waals surface area contributed by atoms with Crippen molar-refractivity contribution < 1.29 is 8.42 Å². The summed E-state index contributed by atoms with van der Waals surface area (Å²) < 4.78 is 25.8. The molecule has 0 bridgehead atoms. The molecule has 0 spiro atoms. The summed E-state index contributed by atoms with van der Waals surface area (Å²) in [6.07, 6.45) is 4.73. The van der Waals surface area contributed by atoms with Crippen LogP contribution in [0.5, 0.6) is 0 Å². The lowest BCUT2D eigenvalue weighted by molar-refractivity contribution is 0.439. The Kier molecular flexibility index (Phi) is 4.90. The van der Waals surface area contributed by atoms with Crippen molar-refractivity contribution >= 4 is 27.5 Å². The number of hydrogen-bond donors (Lipinski definition) is 1. The summed E-state index contributed by atoms with van der Waals surface area (Å²) in [7, 11) is -3.15. The number of para-hydroxylation sites is 1. The van der Waals surface area contributed by atoms with Crippen LogP contribution in [0.1, 0.15) is 6.42 Å². The van der Waals surface area contributed by atoms with Crippen LogP contribution < -0.4 is 5.73 Å². The second-order valence-corrected chi connectivity index (χ2v) is 7.55. The van der Waals surface area contributed by atoms with Crippen LogP contribution in [0.25, 0.3) is 0 Å². The fourth-order valence-corrected chi connectivity index (χ4v) is 4.63. The van der Waals surface area contributed by atoms with E-state index in [2.05, 4.69) is 0 Å². The molecule has 0 saturated heterocycles. The number of hydrogen-bond acceptors (Lipinski definition) is 4. The molecule has 0 radical (unpaired) electrons. The third-order valence-electron chi connectivity index (χ3n) is 2.93. The van der Waals surface area contributed by atoms with E-state index in [1.54, 1.807) is 4.31 Å². The summed E-state index contributed by atoms with van der Waals surface area (Å²) in [5, 5.41) is 0. The molecule has 0 amide bonds. The molecule has 1 aliphatic rings. The lowest BCUT2D eigenvalue weighted by atomic mass is 10.3. The van der Waals surface area contributed by atoms with E-state index in [1.807, 2.05) is 36.4 Å². The predicted molar refractivity (Wildman–Crippen MR) is 80.7 cm³/mol. The van der Waals surface area contributed by atoms with Gasteiger partial charge in [-0.3, -0.25) is 0 Å². The summed E-state index contributed by atoms with van der Waals surface area (Å²) in [5.74, 6) is 0.677. The van der Waals surface area contributed by atoms with Gasteiger partial charge in [0.25, 0.3) is 0 Å². The third-order valence-corrected chi connectivity index (χ3v) is 6.12. The first-order valence-electron chi connectivity index (χ1n) is 6.20. The van der Waals surface area contributed by atoms with Crippen molar-refractivity contribution in [3.05, 3.63) is 36.4 Å². The van der Waals surface area contributed by atoms with Gasteiger partial charge in [-0.05, 0) is 18.6 Å². The molecule has 2 rings (SSSR count). The van der Waals surface area contributed by atoms with Crippen molar-refractivity contribution in [3.63, 3.8) is 0 Å². The fourth-order valence-electron chi connectivity index (χ4n) is 1.87. The molecule has 0 unspecified atom stereocenters. The van der Waals surface area contributed by atoms with Gasteiger partial charge in [-0.15, -0.1) is 11.8 Å². The van der Waals surface area contributed by atoms with Crippen molar-refractivity contribution in [1.29, 1.82) is 0 Å². The standard InChI is InChI=1S/C13H18N2O2S2/c14-12-6-2-3-7-13(12)18-10-11-19(16,17)15-8-4-1-5-9-15/h1-4,6-7H,5,8-11,14H2. The molecule has 0 aliphatic carbocycles. The lowest BCUT2D eigenvalue weighted by Crippen LogP contribution is -2.36. The zero-order chi connectivity index (χ0) is 13.7. The van der Waals surface area contributed by atoms with Crippen molar-refractivity contribution in [2.75, 3.05) is 30.3 Å². The molecule has 0 aromatic heterocycles. The van der Waals surface area contributed by atoms with Crippen molar-refractivity contribution in [1.82, 2.24) is 4.31 Å². The zero-order valence-corrected chi connectivity index (χ0v) is 12.3. The summed E-state index contributed by atoms with van der Waals surface area (Å²) in [5.41, 5.74) is 6.52. The number of nitrogens with two attached hydrogens (primary N) is 1. The molecule has 2 N–H and O–H groups in total. The lowest BCUT2D eigenvalue weighted by Gasteiger charge is -2.22. The first-order chi connectivity index (χ1) is 9.09. The van der Waals surface area contributed by atoms with Crippen LogP contribution in [0.15, 0.2) is 41.3 Å². The van der Waals surface area contributed by atoms with E-state index in [0.717, 1.165) is 11.3 Å². The molecule has 1 heterocycles. The molecule has 0 fully saturated rings. The molecule has 1 aliphatic heterocycles. The molecule has 1 aromatic rings. The highest BCUT2D eigenvalue weighted by Gasteiger charge is 2.21. The third kappa shape index (κ3) is 3.99. The first kappa shape index (κ1) is 14.4. The Balaban J connectivity index is 1.88. The van der Waals surface area contributed by atoms with Gasteiger partial charge in [0.05, 0.1) is 5.75 Å². The monoisotopic (exact) mass is 298 g/mol. The minimum Gasteiger partial charge on any atom is -0.398 e. The molecule has 4 nitrogen and oxygen atoms in total. The van der Waals surface area contributed by atoms with Crippen LogP contribution in [0.2, 0.25) is 0 Å². The number of nitrogen functional groups attached to an aromatic ring is 1. The van der Waals surface area contributed by atoms with Crippen LogP contribution in [0.4, 0.5) is 5.69 Å². The van der Waals surface area contributed by atoms with Crippen molar-refractivity contribution in [3.8, 4) is 0 Å². The number of sulfonamides is 1. The molecular weight excluding hydrogens is 280 g/mol. The van der Waals surface area contributed by atoms with E-state index in [4.69, 9.17) is 5.73 Å². The number of rotatable bonds is 5. The van der Waals surface area contributed by atoms with Crippen molar-refractivity contribution in [2.24, 2.45) is 0 Å². The summed E-state index contributed by atoms with van der Waals surface area (Å²) in [6.45, 7) is 1.09. The Morgan fingerprint density at radius 1 is 1.26 bits per heavy atom. The molecule has 104 valence electrons. The summed E-state index contributed by atoms with van der Waals surface area (Å²) in [6, 6.07) is 7.52. The van der Waals surface area contributed by atoms with E-state index < -0.39 is 10.0 Å². The average Bonchev–Trinajstić information content (AvgIpc) is 2.42. The Hall–Kier alpha value is -0.980. The number of anilines is 1. The Bertz CT molecular complexity index is 556. The van der Waals surface area contributed by atoms with Crippen LogP contribution in [0.3, 0.4) is 0 Å². The summed E-state index contributed by atoms with van der Waals surface area (Å²) >= 11 is 1.49. The number of nitrogens with zero attached hydrogens (tertiary/aromatic N) is 1. The van der Waals surface area contributed by atoms with Crippen molar-refractivity contribution in [2.45, 2.75) is 11.3 Å². The second-order valence-electron chi connectivity index (χ2n) is 4.32.